The molecule has 0 heterocycles. The second kappa shape index (κ2) is 8.91. The van der Waals surface area contributed by atoms with E-state index in [2.05, 4.69) is 4.74 Å². The summed E-state index contributed by atoms with van der Waals surface area (Å²) in [4.78, 5) is 21.8. The quantitative estimate of drug-likeness (QED) is 0.596. The van der Waals surface area contributed by atoms with Crippen molar-refractivity contribution >= 4 is 22.0 Å². The Hall–Kier alpha value is -1.15. The maximum Gasteiger partial charge on any atom is 0.321 e. The molecule has 0 unspecified atom stereocenters. The van der Waals surface area contributed by atoms with E-state index in [1.54, 1.807) is 0 Å². The molecule has 0 aliphatic heterocycles. The van der Waals surface area contributed by atoms with Crippen LogP contribution in [-0.2, 0) is 24.3 Å². The topological polar surface area (TPSA) is 101 Å². The van der Waals surface area contributed by atoms with Crippen LogP contribution in [0, 0.1) is 5.92 Å². The van der Waals surface area contributed by atoms with Crippen LogP contribution in [0.25, 0.3) is 0 Å². The van der Waals surface area contributed by atoms with Crippen molar-refractivity contribution in [1.29, 1.82) is 0 Å². The highest BCUT2D eigenvalue weighted by molar-refractivity contribution is 7.89. The number of ether oxygens (including phenoxy) is 1. The number of carboxylic acid groups (broad SMARTS) is 1. The van der Waals surface area contributed by atoms with Gasteiger partial charge in [0, 0.05) is 6.54 Å². The normalized spacial score (nSPS) is 11.8. The van der Waals surface area contributed by atoms with Crippen molar-refractivity contribution in [1.82, 2.24) is 4.31 Å². The minimum Gasteiger partial charge on any atom is -0.481 e. The van der Waals surface area contributed by atoms with Crippen molar-refractivity contribution in [2.45, 2.75) is 33.1 Å². The van der Waals surface area contributed by atoms with Gasteiger partial charge >= 0.3 is 11.9 Å². The molecule has 20 heavy (non-hydrogen) atoms. The zero-order valence-electron chi connectivity index (χ0n) is 12.2. The molecule has 0 aliphatic carbocycles. The van der Waals surface area contributed by atoms with Gasteiger partial charge in [0.05, 0.1) is 19.3 Å². The number of hydrogen-bond donors (Lipinski definition) is 1. The molecule has 0 rings (SSSR count). The summed E-state index contributed by atoms with van der Waals surface area (Å²) in [6.45, 7) is 3.70. The second-order valence-corrected chi connectivity index (χ2v) is 6.60. The maximum absolute atomic E-state index is 12.1. The minimum atomic E-state index is -3.79. The fourth-order valence-corrected chi connectivity index (χ4v) is 3.10. The first-order valence-corrected chi connectivity index (χ1v) is 8.14. The summed E-state index contributed by atoms with van der Waals surface area (Å²) >= 11 is 0. The van der Waals surface area contributed by atoms with E-state index in [1.165, 1.54) is 7.11 Å². The van der Waals surface area contributed by atoms with Crippen LogP contribution in [0.2, 0.25) is 0 Å². The lowest BCUT2D eigenvalue weighted by Crippen LogP contribution is -2.41. The lowest BCUT2D eigenvalue weighted by molar-refractivity contribution is -0.141. The molecular formula is C12H23NO6S. The predicted molar refractivity (Wildman–Crippen MR) is 73.7 cm³/mol. The lowest BCUT2D eigenvalue weighted by atomic mass is 10.0. The van der Waals surface area contributed by atoms with E-state index in [0.717, 1.165) is 17.1 Å². The largest absolute Gasteiger partial charge is 0.481 e. The lowest BCUT2D eigenvalue weighted by Gasteiger charge is -2.24. The molecule has 0 atom stereocenters. The van der Waals surface area contributed by atoms with Gasteiger partial charge in [0.1, 0.15) is 6.54 Å². The highest BCUT2D eigenvalue weighted by atomic mass is 32.2. The number of aliphatic carboxylic acids is 1. The third-order valence-electron chi connectivity index (χ3n) is 3.12. The number of rotatable bonds is 10. The van der Waals surface area contributed by atoms with Crippen molar-refractivity contribution < 1.29 is 27.9 Å². The van der Waals surface area contributed by atoms with Crippen molar-refractivity contribution in [2.24, 2.45) is 5.92 Å². The molecule has 0 bridgehead atoms. The fourth-order valence-electron chi connectivity index (χ4n) is 1.67. The van der Waals surface area contributed by atoms with Gasteiger partial charge < -0.3 is 9.84 Å². The van der Waals surface area contributed by atoms with Crippen molar-refractivity contribution in [3.05, 3.63) is 0 Å². The van der Waals surface area contributed by atoms with Crippen molar-refractivity contribution in [3.8, 4) is 0 Å². The van der Waals surface area contributed by atoms with Crippen LogP contribution in [0.3, 0.4) is 0 Å². The number of methoxy groups -OCH3 is 1. The Bertz CT molecular complexity index is 416. The Morgan fingerprint density at radius 2 is 1.80 bits per heavy atom. The van der Waals surface area contributed by atoms with Crippen LogP contribution in [0.15, 0.2) is 0 Å². The molecule has 0 aromatic carbocycles. The zero-order chi connectivity index (χ0) is 15.8. The van der Waals surface area contributed by atoms with Gasteiger partial charge in [-0.1, -0.05) is 26.7 Å². The van der Waals surface area contributed by atoms with E-state index in [1.807, 2.05) is 13.8 Å². The SMILES string of the molecule is CCC(CC)CN(CC(=O)OC)S(=O)(=O)CCC(=O)O. The first-order valence-electron chi connectivity index (χ1n) is 6.53. The van der Waals surface area contributed by atoms with Crippen LogP contribution in [0.4, 0.5) is 0 Å². The molecule has 0 fully saturated rings. The molecule has 0 aromatic rings. The summed E-state index contributed by atoms with van der Waals surface area (Å²) in [5, 5.41) is 8.59. The molecule has 0 radical (unpaired) electrons. The van der Waals surface area contributed by atoms with Gasteiger partial charge in [0.2, 0.25) is 10.0 Å². The molecule has 0 aliphatic rings. The molecule has 0 saturated carbocycles. The minimum absolute atomic E-state index is 0.124. The fraction of sp³-hybridized carbons (Fsp3) is 0.833. The number of carbonyl (C=O) groups is 2. The van der Waals surface area contributed by atoms with Gasteiger partial charge in [0.25, 0.3) is 0 Å². The van der Waals surface area contributed by atoms with E-state index in [4.69, 9.17) is 5.11 Å². The highest BCUT2D eigenvalue weighted by Crippen LogP contribution is 2.14. The third-order valence-corrected chi connectivity index (χ3v) is 4.90. The van der Waals surface area contributed by atoms with Crippen LogP contribution in [0.1, 0.15) is 33.1 Å². The van der Waals surface area contributed by atoms with Crippen LogP contribution < -0.4 is 0 Å². The molecule has 1 N–H and O–H groups in total. The summed E-state index contributed by atoms with van der Waals surface area (Å²) in [6.07, 6.45) is 1.08. The molecule has 8 heteroatoms. The Labute approximate surface area is 120 Å². The van der Waals surface area contributed by atoms with Gasteiger partial charge in [-0.25, -0.2) is 8.42 Å². The van der Waals surface area contributed by atoms with Crippen LogP contribution in [-0.4, -0.2) is 55.7 Å². The van der Waals surface area contributed by atoms with Crippen molar-refractivity contribution in [2.75, 3.05) is 26.0 Å². The Morgan fingerprint density at radius 1 is 1.25 bits per heavy atom. The monoisotopic (exact) mass is 309 g/mol. The second-order valence-electron chi connectivity index (χ2n) is 4.51. The van der Waals surface area contributed by atoms with E-state index in [-0.39, 0.29) is 19.0 Å². The molecular weight excluding hydrogens is 286 g/mol. The van der Waals surface area contributed by atoms with Gasteiger partial charge in [0.15, 0.2) is 0 Å². The van der Waals surface area contributed by atoms with Gasteiger partial charge in [-0.05, 0) is 5.92 Å². The average molecular weight is 309 g/mol. The van der Waals surface area contributed by atoms with E-state index in [9.17, 15) is 18.0 Å². The molecule has 7 nitrogen and oxygen atoms in total. The Morgan fingerprint density at radius 3 is 2.20 bits per heavy atom. The zero-order valence-corrected chi connectivity index (χ0v) is 13.0. The van der Waals surface area contributed by atoms with E-state index >= 15 is 0 Å². The summed E-state index contributed by atoms with van der Waals surface area (Å²) < 4.78 is 29.7. The molecule has 0 saturated heterocycles. The smallest absolute Gasteiger partial charge is 0.321 e. The number of carbonyl (C=O) groups excluding carboxylic acids is 1. The summed E-state index contributed by atoms with van der Waals surface area (Å²) in [6, 6.07) is 0. The first kappa shape index (κ1) is 18.9. The Balaban J connectivity index is 4.98. The van der Waals surface area contributed by atoms with Gasteiger partial charge in [-0.2, -0.15) is 4.31 Å². The van der Waals surface area contributed by atoms with Crippen LogP contribution >= 0.6 is 0 Å². The number of hydrogen-bond acceptors (Lipinski definition) is 5. The van der Waals surface area contributed by atoms with E-state index in [0.29, 0.717) is 0 Å². The molecule has 0 aromatic heterocycles. The van der Waals surface area contributed by atoms with E-state index < -0.39 is 34.1 Å². The Kier molecular flexibility index (Phi) is 8.40. The number of esters is 1. The first-order chi connectivity index (χ1) is 9.26. The number of nitrogens with zero attached hydrogens (tertiary/aromatic N) is 1. The predicted octanol–water partition coefficient (Wildman–Crippen LogP) is 0.702. The summed E-state index contributed by atoms with van der Waals surface area (Å²) in [7, 11) is -2.60. The maximum atomic E-state index is 12.1. The number of carboxylic acids is 1. The molecule has 118 valence electrons. The summed E-state index contributed by atoms with van der Waals surface area (Å²) in [5.41, 5.74) is 0. The van der Waals surface area contributed by atoms with Crippen LogP contribution in [0.5, 0.6) is 0 Å². The average Bonchev–Trinajstić information content (AvgIpc) is 2.40. The number of sulfonamides is 1. The van der Waals surface area contributed by atoms with Gasteiger partial charge in [-0.3, -0.25) is 9.59 Å². The molecule has 0 spiro atoms. The molecule has 0 amide bonds. The van der Waals surface area contributed by atoms with Crippen molar-refractivity contribution in [3.63, 3.8) is 0 Å². The standard InChI is InChI=1S/C12H23NO6S/c1-4-10(5-2)8-13(9-12(16)19-3)20(17,18)7-6-11(14)15/h10H,4-9H2,1-3H3,(H,14,15). The summed E-state index contributed by atoms with van der Waals surface area (Å²) in [5.74, 6) is -2.23. The highest BCUT2D eigenvalue weighted by Gasteiger charge is 2.27. The van der Waals surface area contributed by atoms with Gasteiger partial charge in [-0.15, -0.1) is 0 Å². The third kappa shape index (κ3) is 6.85.